The molecule has 7 nitrogen and oxygen atoms in total. The Morgan fingerprint density at radius 3 is 2.87 bits per heavy atom. The number of para-hydroxylation sites is 2. The first-order valence-electron chi connectivity index (χ1n) is 9.83. The highest BCUT2D eigenvalue weighted by atomic mass is 35.5. The molecule has 0 saturated carbocycles. The summed E-state index contributed by atoms with van der Waals surface area (Å²) in [5.41, 5.74) is 3.19. The summed E-state index contributed by atoms with van der Waals surface area (Å²) in [6.07, 6.45) is 0.699. The van der Waals surface area contributed by atoms with E-state index in [-0.39, 0.29) is 18.2 Å². The van der Waals surface area contributed by atoms with Crippen LogP contribution >= 0.6 is 11.6 Å². The molecule has 3 aromatic rings. The van der Waals surface area contributed by atoms with E-state index in [4.69, 9.17) is 16.3 Å². The van der Waals surface area contributed by atoms with E-state index in [2.05, 4.69) is 10.3 Å². The lowest BCUT2D eigenvalue weighted by atomic mass is 10.1. The summed E-state index contributed by atoms with van der Waals surface area (Å²) in [5, 5.41) is 3.43. The molecule has 1 N–H and O–H groups in total. The second-order valence-corrected chi connectivity index (χ2v) is 7.77. The van der Waals surface area contributed by atoms with Gasteiger partial charge in [-0.15, -0.1) is 0 Å². The fourth-order valence-corrected chi connectivity index (χ4v) is 3.95. The number of imidazole rings is 1. The summed E-state index contributed by atoms with van der Waals surface area (Å²) in [6, 6.07) is 12.3. The molecule has 2 heterocycles. The average Bonchev–Trinajstić information content (AvgIpc) is 3.21. The molecule has 0 spiro atoms. The number of aryl methyl sites for hydroxylation is 1. The molecule has 2 aromatic carbocycles. The average molecular weight is 427 g/mol. The van der Waals surface area contributed by atoms with Crippen LogP contribution in [0, 0.1) is 6.92 Å². The Morgan fingerprint density at radius 2 is 2.07 bits per heavy atom. The van der Waals surface area contributed by atoms with E-state index in [1.807, 2.05) is 41.8 Å². The van der Waals surface area contributed by atoms with Crippen molar-refractivity contribution < 1.29 is 14.3 Å². The van der Waals surface area contributed by atoms with Gasteiger partial charge < -0.3 is 10.1 Å². The van der Waals surface area contributed by atoms with Gasteiger partial charge in [0.1, 0.15) is 6.04 Å². The van der Waals surface area contributed by atoms with Crippen LogP contribution in [0.15, 0.2) is 42.5 Å². The van der Waals surface area contributed by atoms with Crippen LogP contribution in [0.4, 0.5) is 11.6 Å². The Balaban J connectivity index is 1.62. The summed E-state index contributed by atoms with van der Waals surface area (Å²) in [6.45, 7) is 2.93. The number of ether oxygens (including phenoxy) is 1. The molecular formula is C22H23ClN4O3. The molecule has 0 bridgehead atoms. The van der Waals surface area contributed by atoms with Crippen molar-refractivity contribution in [3.05, 3.63) is 53.1 Å². The summed E-state index contributed by atoms with van der Waals surface area (Å²) in [4.78, 5) is 32.3. The van der Waals surface area contributed by atoms with Gasteiger partial charge in [-0.05, 0) is 43.2 Å². The Bertz CT molecular complexity index is 1110. The maximum Gasteiger partial charge on any atom is 0.253 e. The zero-order chi connectivity index (χ0) is 21.3. The van der Waals surface area contributed by atoms with Gasteiger partial charge >= 0.3 is 0 Å². The number of hydrogen-bond donors (Lipinski definition) is 1. The Morgan fingerprint density at radius 1 is 1.27 bits per heavy atom. The van der Waals surface area contributed by atoms with Gasteiger partial charge in [0.15, 0.2) is 0 Å². The van der Waals surface area contributed by atoms with Crippen molar-refractivity contribution in [3.63, 3.8) is 0 Å². The monoisotopic (exact) mass is 426 g/mol. The van der Waals surface area contributed by atoms with E-state index >= 15 is 0 Å². The normalized spacial score (nSPS) is 15.6. The van der Waals surface area contributed by atoms with E-state index in [9.17, 15) is 9.59 Å². The van der Waals surface area contributed by atoms with Gasteiger partial charge in [0.25, 0.3) is 5.91 Å². The minimum atomic E-state index is -0.644. The standard InChI is InChI=1S/C22H23ClN4O3/c1-14-8-9-15(23)12-17(14)24-20(28)13-19-21(29)26(10-5-11-30-2)22-25-16-6-3-4-7-18(16)27(19)22/h3-4,6-9,12,19H,5,10-11,13H2,1-2H3,(H,24,28)/t19-/m1/s1. The molecule has 156 valence electrons. The first-order chi connectivity index (χ1) is 14.5. The molecular weight excluding hydrogens is 404 g/mol. The number of aromatic nitrogens is 2. The van der Waals surface area contributed by atoms with Crippen LogP contribution in [0.3, 0.4) is 0 Å². The van der Waals surface area contributed by atoms with E-state index in [0.717, 1.165) is 16.6 Å². The molecule has 1 aliphatic heterocycles. The van der Waals surface area contributed by atoms with Crippen LogP contribution in [0.5, 0.6) is 0 Å². The van der Waals surface area contributed by atoms with Crippen LogP contribution in [0.1, 0.15) is 24.4 Å². The topological polar surface area (TPSA) is 76.5 Å². The molecule has 0 aliphatic carbocycles. The van der Waals surface area contributed by atoms with Crippen molar-refractivity contribution in [2.45, 2.75) is 25.8 Å². The number of hydrogen-bond acceptors (Lipinski definition) is 4. The summed E-state index contributed by atoms with van der Waals surface area (Å²) in [5.74, 6) is 0.201. The van der Waals surface area contributed by atoms with Gasteiger partial charge in [0.05, 0.1) is 17.5 Å². The van der Waals surface area contributed by atoms with Crippen LogP contribution in [-0.4, -0.2) is 41.6 Å². The number of anilines is 2. The number of benzene rings is 2. The Labute approximate surface area is 179 Å². The molecule has 30 heavy (non-hydrogen) atoms. The van der Waals surface area contributed by atoms with Gasteiger partial charge in [0.2, 0.25) is 11.9 Å². The third kappa shape index (κ3) is 3.78. The number of fused-ring (bicyclic) bond motifs is 3. The van der Waals surface area contributed by atoms with Crippen LogP contribution < -0.4 is 10.2 Å². The van der Waals surface area contributed by atoms with Crippen molar-refractivity contribution >= 4 is 46.1 Å². The highest BCUT2D eigenvalue weighted by Gasteiger charge is 2.40. The van der Waals surface area contributed by atoms with E-state index in [1.165, 1.54) is 0 Å². The second-order valence-electron chi connectivity index (χ2n) is 7.33. The van der Waals surface area contributed by atoms with Gasteiger partial charge in [-0.2, -0.15) is 0 Å². The fraction of sp³-hybridized carbons (Fsp3) is 0.318. The van der Waals surface area contributed by atoms with E-state index in [0.29, 0.717) is 36.2 Å². The summed E-state index contributed by atoms with van der Waals surface area (Å²) >= 11 is 6.06. The number of nitrogens with one attached hydrogen (secondary N) is 1. The maximum absolute atomic E-state index is 13.2. The lowest BCUT2D eigenvalue weighted by Crippen LogP contribution is -2.32. The quantitative estimate of drug-likeness (QED) is 0.580. The van der Waals surface area contributed by atoms with Gasteiger partial charge in [-0.1, -0.05) is 29.8 Å². The molecule has 1 atom stereocenters. The number of carbonyl (C=O) groups is 2. The predicted molar refractivity (Wildman–Crippen MR) is 117 cm³/mol. The first kappa shape index (κ1) is 20.4. The molecule has 2 amide bonds. The molecule has 8 heteroatoms. The van der Waals surface area contributed by atoms with Crippen molar-refractivity contribution in [2.24, 2.45) is 0 Å². The smallest absolute Gasteiger partial charge is 0.253 e. The molecule has 4 rings (SSSR count). The van der Waals surface area contributed by atoms with E-state index in [1.54, 1.807) is 24.1 Å². The van der Waals surface area contributed by atoms with Crippen molar-refractivity contribution in [2.75, 3.05) is 30.5 Å². The Hall–Kier alpha value is -2.90. The lowest BCUT2D eigenvalue weighted by Gasteiger charge is -2.16. The summed E-state index contributed by atoms with van der Waals surface area (Å²) in [7, 11) is 1.63. The van der Waals surface area contributed by atoms with Crippen LogP contribution in [0.25, 0.3) is 11.0 Å². The number of carbonyl (C=O) groups excluding carboxylic acids is 2. The second kappa shape index (κ2) is 8.45. The van der Waals surface area contributed by atoms with Crippen molar-refractivity contribution in [1.29, 1.82) is 0 Å². The van der Waals surface area contributed by atoms with Gasteiger partial charge in [0, 0.05) is 31.0 Å². The fourth-order valence-electron chi connectivity index (χ4n) is 3.78. The first-order valence-corrected chi connectivity index (χ1v) is 10.2. The summed E-state index contributed by atoms with van der Waals surface area (Å²) < 4.78 is 6.99. The number of methoxy groups -OCH3 is 1. The zero-order valence-corrected chi connectivity index (χ0v) is 17.6. The minimum absolute atomic E-state index is 0.0128. The van der Waals surface area contributed by atoms with Gasteiger partial charge in [-0.25, -0.2) is 4.98 Å². The number of amides is 2. The maximum atomic E-state index is 13.2. The van der Waals surface area contributed by atoms with E-state index < -0.39 is 6.04 Å². The highest BCUT2D eigenvalue weighted by Crippen LogP contribution is 2.36. The van der Waals surface area contributed by atoms with Crippen molar-refractivity contribution in [1.82, 2.24) is 9.55 Å². The SMILES string of the molecule is COCCCN1C(=O)[C@@H](CC(=O)Nc2cc(Cl)ccc2C)n2c1nc1ccccc12. The van der Waals surface area contributed by atoms with Gasteiger partial charge in [-0.3, -0.25) is 19.1 Å². The lowest BCUT2D eigenvalue weighted by molar-refractivity contribution is -0.124. The molecule has 1 aliphatic rings. The predicted octanol–water partition coefficient (Wildman–Crippen LogP) is 3.95. The Kier molecular flexibility index (Phi) is 5.74. The molecule has 0 unspecified atom stereocenters. The molecule has 0 saturated heterocycles. The molecule has 1 aromatic heterocycles. The zero-order valence-electron chi connectivity index (χ0n) is 16.9. The highest BCUT2D eigenvalue weighted by molar-refractivity contribution is 6.31. The van der Waals surface area contributed by atoms with Crippen LogP contribution in [0.2, 0.25) is 5.02 Å². The third-order valence-electron chi connectivity index (χ3n) is 5.26. The largest absolute Gasteiger partial charge is 0.385 e. The minimum Gasteiger partial charge on any atom is -0.385 e. The molecule has 0 fully saturated rings. The third-order valence-corrected chi connectivity index (χ3v) is 5.50. The van der Waals surface area contributed by atoms with Crippen molar-refractivity contribution in [3.8, 4) is 0 Å². The number of nitrogens with zero attached hydrogens (tertiary/aromatic N) is 3. The number of halogens is 1. The number of rotatable bonds is 7. The molecule has 0 radical (unpaired) electrons. The van der Waals surface area contributed by atoms with Crippen LogP contribution in [-0.2, 0) is 14.3 Å².